The first-order valence-corrected chi connectivity index (χ1v) is 2.96. The van der Waals surface area contributed by atoms with E-state index >= 15 is 0 Å². The van der Waals surface area contributed by atoms with E-state index in [0.29, 0.717) is 5.56 Å². The third-order valence-electron chi connectivity index (χ3n) is 1.26. The first-order valence-electron chi connectivity index (χ1n) is 2.96. The van der Waals surface area contributed by atoms with Crippen molar-refractivity contribution in [2.45, 2.75) is 6.92 Å². The van der Waals surface area contributed by atoms with Crippen LogP contribution in [-0.4, -0.2) is 11.3 Å². The van der Waals surface area contributed by atoms with E-state index in [-0.39, 0.29) is 202 Å². The third-order valence-corrected chi connectivity index (χ3v) is 1.26. The summed E-state index contributed by atoms with van der Waals surface area (Å²) in [6.07, 6.45) is 1.10. The quantitative estimate of drug-likeness (QED) is 0.347. The summed E-state index contributed by atoms with van der Waals surface area (Å²) in [7, 11) is 0. The van der Waals surface area contributed by atoms with Gasteiger partial charge in [0, 0.05) is 202 Å². The van der Waals surface area contributed by atoms with Gasteiger partial charge in [0.1, 0.15) is 0 Å². The van der Waals surface area contributed by atoms with Crippen LogP contribution in [0.1, 0.15) is 11.1 Å². The summed E-state index contributed by atoms with van der Waals surface area (Å²) in [5.41, 5.74) is 1.38. The number of hydrogen-bond donors (Lipinski definition) is 2. The normalized spacial score (nSPS) is 5.81. The van der Waals surface area contributed by atoms with Crippen LogP contribution in [0.3, 0.4) is 0 Å². The molecule has 2 nitrogen and oxygen atoms in total. The van der Waals surface area contributed by atoms with Crippen LogP contribution in [0.2, 0.25) is 0 Å². The molecule has 1 rings (SSSR count). The maximum atomic E-state index is 9.12. The molecule has 0 heterocycles. The van der Waals surface area contributed by atoms with E-state index in [9.17, 15) is 0 Å². The largest absolute Gasteiger partial charge is 0.533 e. The van der Waals surface area contributed by atoms with E-state index in [1.807, 2.05) is 6.92 Å². The van der Waals surface area contributed by atoms with E-state index in [0.717, 1.165) is 11.8 Å². The minimum absolute atomic E-state index is 0. The summed E-state index contributed by atoms with van der Waals surface area (Å²) in [4.78, 5) is 0. The van der Waals surface area contributed by atoms with Crippen molar-refractivity contribution in [3.63, 3.8) is 0 Å². The smallest absolute Gasteiger partial charge is 0.0169 e. The minimum Gasteiger partial charge on any atom is -0.533 e. The zero-order chi connectivity index (χ0) is 7.56. The van der Waals surface area contributed by atoms with E-state index in [2.05, 4.69) is 6.07 Å². The van der Waals surface area contributed by atoms with Crippen molar-refractivity contribution < 1.29 is 201 Å². The Morgan fingerprint density at radius 1 is 1.12 bits per heavy atom. The number of aryl methyl sites for hydroxylation is 1. The van der Waals surface area contributed by atoms with Crippen LogP contribution in [0.15, 0.2) is 12.1 Å². The molecule has 70 valence electrons. The van der Waals surface area contributed by atoms with Crippen molar-refractivity contribution in [1.82, 2.24) is 0 Å². The SMILES string of the molecule is Cc1[c-]cc(C=N)c(O)c1.[Y].[Y].[Y].[Y].[Y].[Y]. The van der Waals surface area contributed by atoms with E-state index < -0.39 is 0 Å². The summed E-state index contributed by atoms with van der Waals surface area (Å²) in [5, 5.41) is 16.0. The number of aromatic hydroxyl groups is 1. The van der Waals surface area contributed by atoms with Crippen LogP contribution in [0.4, 0.5) is 0 Å². The van der Waals surface area contributed by atoms with E-state index in [4.69, 9.17) is 10.5 Å². The average Bonchev–Trinajstić information content (AvgIpc) is 1.88. The van der Waals surface area contributed by atoms with Crippen LogP contribution >= 0.6 is 0 Å². The van der Waals surface area contributed by atoms with Crippen molar-refractivity contribution in [2.75, 3.05) is 0 Å². The Hall–Kier alpha value is 5.31. The van der Waals surface area contributed by atoms with Gasteiger partial charge < -0.3 is 10.5 Å². The van der Waals surface area contributed by atoms with Crippen molar-refractivity contribution in [3.8, 4) is 5.75 Å². The zero-order valence-corrected chi connectivity index (χ0v) is 26.2. The predicted octanol–water partition coefficient (Wildman–Crippen LogP) is 1.48. The first kappa shape index (κ1) is 37.5. The fourth-order valence-electron chi connectivity index (χ4n) is 0.711. The molecule has 0 bridgehead atoms. The molecule has 0 saturated heterocycles. The Kier molecular flexibility index (Phi) is 53.0. The zero-order valence-electron chi connectivity index (χ0n) is 9.14. The van der Waals surface area contributed by atoms with E-state index in [1.165, 1.54) is 0 Å². The van der Waals surface area contributed by atoms with Gasteiger partial charge >= 0.3 is 0 Å². The predicted molar refractivity (Wildman–Crippen MR) is 39.6 cm³/mol. The molecule has 1 aromatic rings. The van der Waals surface area contributed by atoms with Gasteiger partial charge in [0.2, 0.25) is 0 Å². The summed E-state index contributed by atoms with van der Waals surface area (Å²) < 4.78 is 0. The molecule has 0 aliphatic rings. The summed E-state index contributed by atoms with van der Waals surface area (Å²) in [5.74, 6) is 0.145. The van der Waals surface area contributed by atoms with Crippen molar-refractivity contribution >= 4 is 6.21 Å². The molecule has 0 aliphatic heterocycles. The fraction of sp³-hybridized carbons (Fsp3) is 0.125. The van der Waals surface area contributed by atoms with Crippen LogP contribution in [0.5, 0.6) is 5.75 Å². The summed E-state index contributed by atoms with van der Waals surface area (Å²) in [6.45, 7) is 1.84. The Labute approximate surface area is 248 Å². The molecule has 0 aromatic heterocycles. The third kappa shape index (κ3) is 15.7. The van der Waals surface area contributed by atoms with Gasteiger partial charge in [-0.25, -0.2) is 0 Å². The Balaban J connectivity index is -0.0000000417. The summed E-state index contributed by atoms with van der Waals surface area (Å²) in [6, 6.07) is 6.06. The summed E-state index contributed by atoms with van der Waals surface area (Å²) >= 11 is 0. The Morgan fingerprint density at radius 2 is 1.56 bits per heavy atom. The molecule has 6 radical (unpaired) electrons. The van der Waals surface area contributed by atoms with Crippen LogP contribution in [-0.2, 0) is 196 Å². The van der Waals surface area contributed by atoms with Gasteiger partial charge in [-0.3, -0.25) is 0 Å². The average molecular weight is 668 g/mol. The molecule has 0 amide bonds. The fourth-order valence-corrected chi connectivity index (χ4v) is 0.711. The Morgan fingerprint density at radius 3 is 1.88 bits per heavy atom. The van der Waals surface area contributed by atoms with Gasteiger partial charge in [0.05, 0.1) is 0 Å². The second-order valence-corrected chi connectivity index (χ2v) is 2.10. The number of phenolic OH excluding ortho intramolecular Hbond substituents is 1. The van der Waals surface area contributed by atoms with Gasteiger partial charge in [0.25, 0.3) is 0 Å². The van der Waals surface area contributed by atoms with Gasteiger partial charge in [-0.15, -0.1) is 6.07 Å². The van der Waals surface area contributed by atoms with E-state index in [1.54, 1.807) is 12.1 Å². The first-order chi connectivity index (χ1) is 4.74. The topological polar surface area (TPSA) is 44.1 Å². The van der Waals surface area contributed by atoms with Crippen LogP contribution in [0, 0.1) is 18.4 Å². The molecule has 2 N–H and O–H groups in total. The second kappa shape index (κ2) is 22.6. The van der Waals surface area contributed by atoms with Crippen molar-refractivity contribution in [3.05, 3.63) is 29.3 Å². The van der Waals surface area contributed by atoms with Gasteiger partial charge in [-0.1, -0.05) is 12.5 Å². The number of hydrogen-bond acceptors (Lipinski definition) is 2. The molecular formula is C8H8NOY6-. The molecular weight excluding hydrogens is 660 g/mol. The standard InChI is InChI=1S/C8H8NO.6Y/c1-6-2-3-7(5-9)8(10)4-6;;;;;;/h3-5,9-10H,1H3;;;;;;/q-1;;;;;;. The van der Waals surface area contributed by atoms with Crippen molar-refractivity contribution in [2.24, 2.45) is 0 Å². The van der Waals surface area contributed by atoms with Crippen LogP contribution < -0.4 is 0 Å². The van der Waals surface area contributed by atoms with Crippen LogP contribution in [0.25, 0.3) is 0 Å². The molecule has 0 unspecified atom stereocenters. The van der Waals surface area contributed by atoms with Crippen molar-refractivity contribution in [1.29, 1.82) is 5.41 Å². The number of rotatable bonds is 1. The molecule has 0 saturated carbocycles. The number of phenols is 1. The van der Waals surface area contributed by atoms with Gasteiger partial charge in [-0.2, -0.15) is 17.7 Å². The van der Waals surface area contributed by atoms with Gasteiger partial charge in [0.15, 0.2) is 0 Å². The maximum Gasteiger partial charge on any atom is 0.0169 e. The van der Waals surface area contributed by atoms with Gasteiger partial charge in [-0.05, 0) is 6.21 Å². The molecule has 8 heteroatoms. The Bertz CT molecular complexity index is 271. The number of benzene rings is 1. The number of nitrogens with one attached hydrogen (secondary N) is 1. The second-order valence-electron chi connectivity index (χ2n) is 2.10. The molecule has 0 spiro atoms. The molecule has 16 heavy (non-hydrogen) atoms. The minimum atomic E-state index is 0. The monoisotopic (exact) mass is 667 g/mol. The maximum absolute atomic E-state index is 9.12. The molecule has 1 aromatic carbocycles. The molecule has 0 aliphatic carbocycles. The molecule has 0 fully saturated rings. The molecule has 0 atom stereocenters.